The van der Waals surface area contributed by atoms with Gasteiger partial charge in [-0.05, 0) is 72.5 Å². The number of fused-ring (bicyclic) bond motifs is 5. The number of unbranched alkanes of at least 4 members (excludes halogenated alkanes) is 2. The van der Waals surface area contributed by atoms with Crippen molar-refractivity contribution in [2.24, 2.45) is 0 Å². The fourth-order valence-corrected chi connectivity index (χ4v) is 20.0. The van der Waals surface area contributed by atoms with E-state index in [-0.39, 0.29) is 68.4 Å². The van der Waals surface area contributed by atoms with Crippen LogP contribution in [0.25, 0.3) is 45.1 Å². The minimum Gasteiger partial charge on any atom is -0.766 e. The highest BCUT2D eigenvalue weighted by molar-refractivity contribution is 8.04. The van der Waals surface area contributed by atoms with Crippen molar-refractivity contribution in [1.29, 1.82) is 0 Å². The summed E-state index contributed by atoms with van der Waals surface area (Å²) in [4.78, 5) is 68.8. The molecule has 8 aromatic rings. The van der Waals surface area contributed by atoms with E-state index in [4.69, 9.17) is 48.4 Å². The lowest BCUT2D eigenvalue weighted by molar-refractivity contribution is -0.916. The lowest BCUT2D eigenvalue weighted by Gasteiger charge is -2.37. The summed E-state index contributed by atoms with van der Waals surface area (Å²) in [5.41, 5.74) is 13.7. The molecule has 4 aromatic heterocycles. The SMILES string of the molecule is CN1/C(=C/c2cc[n+](CCC[N+](C)(C)CC(C[N+](C)(C)CCC[n+]3ccc(/C=C4\Sc5ccccc5N4C)c4ccccc43)OCCCCCC(=O)NCCOCCOCCOCCOCCOCCOCCOCCNP(=O)([O-])OP(=O)([O-])OP(=O)([O-])OC[C@H]3O[C@@H](n4cnc5c(N)ncnc54)CC3O)c3ccccc23)Sc2ccccc21. The van der Waals surface area contributed by atoms with Crippen molar-refractivity contribution in [3.63, 3.8) is 0 Å². The Morgan fingerprint density at radius 3 is 1.62 bits per heavy atom. The smallest absolute Gasteiger partial charge is 0.280 e. The van der Waals surface area contributed by atoms with E-state index in [1.54, 1.807) is 5.09 Å². The second-order valence-electron chi connectivity index (χ2n) is 30.3. The van der Waals surface area contributed by atoms with Gasteiger partial charge in [-0.15, -0.1) is 0 Å². The zero-order valence-electron chi connectivity index (χ0n) is 68.5. The predicted octanol–water partition coefficient (Wildman–Crippen LogP) is 7.58. The molecule has 38 heteroatoms. The van der Waals surface area contributed by atoms with E-state index >= 15 is 0 Å². The Balaban J connectivity index is 0.499. The number of carbonyl (C=O) groups excluding carboxylic acids is 1. The molecule has 33 nitrogen and oxygen atoms in total. The molecule has 648 valence electrons. The van der Waals surface area contributed by atoms with Gasteiger partial charge >= 0.3 is 0 Å². The number of aliphatic hydroxyl groups is 1. The molecule has 119 heavy (non-hydrogen) atoms. The van der Waals surface area contributed by atoms with Crippen molar-refractivity contribution in [2.45, 2.75) is 92.4 Å². The van der Waals surface area contributed by atoms with Gasteiger partial charge in [0.05, 0.1) is 198 Å². The van der Waals surface area contributed by atoms with Gasteiger partial charge in [-0.1, -0.05) is 78.5 Å². The number of aryl methyl sites for hydroxylation is 2. The van der Waals surface area contributed by atoms with E-state index in [9.17, 15) is 38.3 Å². The number of nitrogens with two attached hydrogens (primary N) is 1. The van der Waals surface area contributed by atoms with Crippen LogP contribution in [-0.2, 0) is 87.4 Å². The number of aromatic nitrogens is 6. The Kier molecular flexibility index (Phi) is 35.6. The van der Waals surface area contributed by atoms with E-state index < -0.39 is 55.0 Å². The number of phosphoric acid groups is 2. The van der Waals surface area contributed by atoms with Crippen LogP contribution in [0.3, 0.4) is 0 Å². The molecule has 1 fully saturated rings. The highest BCUT2D eigenvalue weighted by Crippen LogP contribution is 2.61. The monoisotopic (exact) mass is 1740 g/mol. The molecule has 5 N–H and O–H groups in total. The average Bonchev–Trinajstić information content (AvgIpc) is 1.68. The van der Waals surface area contributed by atoms with E-state index in [1.165, 1.54) is 81.4 Å². The number of likely N-dealkylation sites (N-methyl/N-ethyl adjacent to an activating group) is 2. The number of quaternary nitrogens is 2. The van der Waals surface area contributed by atoms with E-state index in [1.807, 2.05) is 23.5 Å². The average molecular weight is 1750 g/mol. The van der Waals surface area contributed by atoms with E-state index in [2.05, 4.69) is 228 Å². The summed E-state index contributed by atoms with van der Waals surface area (Å²) in [5.74, 6) is 0.106. The molecule has 0 saturated carbocycles. The molecule has 0 aliphatic carbocycles. The number of benzene rings is 4. The lowest BCUT2D eigenvalue weighted by atomic mass is 10.1. The number of nitrogens with one attached hydrogen (secondary N) is 2. The Labute approximate surface area is 703 Å². The molecular weight excluding hydrogens is 1630 g/mol. The van der Waals surface area contributed by atoms with Gasteiger partial charge in [-0.3, -0.25) is 32.5 Å². The Hall–Kier alpha value is -6.77. The van der Waals surface area contributed by atoms with Crippen molar-refractivity contribution in [3.05, 3.63) is 155 Å². The predicted molar refractivity (Wildman–Crippen MR) is 449 cm³/mol. The van der Waals surface area contributed by atoms with E-state index in [0.29, 0.717) is 79.0 Å². The number of aliphatic hydroxyl groups excluding tert-OH is 1. The van der Waals surface area contributed by atoms with Gasteiger partial charge < -0.3 is 96.8 Å². The van der Waals surface area contributed by atoms with Gasteiger partial charge in [0.25, 0.3) is 15.6 Å². The number of nitrogen functional groups attached to an aromatic ring is 1. The first-order valence-corrected chi connectivity index (χ1v) is 46.2. The molecule has 0 bridgehead atoms. The maximum atomic E-state index is 12.9. The fraction of sp³-hybridized carbons (Fsp3) is 0.506. The molecule has 0 radical (unpaired) electrons. The van der Waals surface area contributed by atoms with Gasteiger partial charge in [0.1, 0.15) is 37.3 Å². The Morgan fingerprint density at radius 1 is 0.613 bits per heavy atom. The molecule has 1 saturated heterocycles. The molecule has 11 rings (SSSR count). The number of hydrogen-bond donors (Lipinski definition) is 4. The Morgan fingerprint density at radius 2 is 1.10 bits per heavy atom. The van der Waals surface area contributed by atoms with Gasteiger partial charge in [-0.2, -0.15) is 9.13 Å². The summed E-state index contributed by atoms with van der Waals surface area (Å²) in [5, 5.41) is 20.2. The second-order valence-corrected chi connectivity index (χ2v) is 37.1. The maximum absolute atomic E-state index is 12.9. The number of ether oxygens (including phenoxy) is 9. The standard InChI is InChI=1S/C81H112N13O20P3S2/c1-88-69-24-13-15-26-73(69)118-77(88)54-62-29-35-90(67-22-11-9-20-65(62)67)33-18-37-93(3,4)57-64(58-94(5,6)38-19-34-91-36-30-63(66-21-10-12-23-68(66)91)55-78-89(2)70-25-14-16-27-74(70)119-78)110-39-17-7-8-28-75(96)83-31-40-103-42-44-105-46-48-107-50-52-109-53-51-108-49-47-106-45-43-104-41-32-87-115(97,98)113-117(101,102)114-116(99,100)111-59-72-71(95)56-76(112-72)92-61-86-79-80(82)84-60-85-81(79)92/h9-16,20-27,29-30,35-36,54-55,60-61,64,71-72,76,95H,7-8,17-19,28,31-34,37-53,56-59H2,1-6H3,(H3-4,82,83,84,85,87,96,97,98,99,100,101,102)/p+1/t71?,72-,76-/m1/s1. The molecule has 4 unspecified atom stereocenters. The van der Waals surface area contributed by atoms with Gasteiger partial charge in [-0.25, -0.2) is 19.3 Å². The molecule has 4 aromatic carbocycles. The number of thioether (sulfide) groups is 2. The number of rotatable bonds is 54. The number of nitrogens with zero attached hydrogens (tertiary/aromatic N) is 10. The number of pyridine rings is 2. The zero-order valence-corrected chi connectivity index (χ0v) is 72.8. The summed E-state index contributed by atoms with van der Waals surface area (Å²) in [6, 6.07) is 39.2. The highest BCUT2D eigenvalue weighted by Gasteiger charge is 2.38. The molecular formula is C81H113N13O20P3S2+. The van der Waals surface area contributed by atoms with Crippen molar-refractivity contribution in [3.8, 4) is 0 Å². The minimum absolute atomic E-state index is 0.00565. The first-order valence-electron chi connectivity index (χ1n) is 40.1. The third-order valence-corrected chi connectivity index (χ3v) is 26.9. The van der Waals surface area contributed by atoms with Crippen LogP contribution < -0.4 is 49.8 Å². The number of amides is 1. The van der Waals surface area contributed by atoms with Crippen LogP contribution >= 0.6 is 46.9 Å². The van der Waals surface area contributed by atoms with Gasteiger partial charge in [0.15, 0.2) is 43.1 Å². The van der Waals surface area contributed by atoms with Gasteiger partial charge in [0, 0.05) is 80.7 Å². The summed E-state index contributed by atoms with van der Waals surface area (Å²) >= 11 is 3.63. The summed E-state index contributed by atoms with van der Waals surface area (Å²) < 4.78 is 108. The quantitative estimate of drug-likeness (QED) is 0.0123. The van der Waals surface area contributed by atoms with Crippen LogP contribution in [0.2, 0.25) is 0 Å². The van der Waals surface area contributed by atoms with Crippen molar-refractivity contribution in [1.82, 2.24) is 29.9 Å². The first kappa shape index (κ1) is 92.9. The topological polar surface area (TPSA) is 376 Å². The van der Waals surface area contributed by atoms with Crippen LogP contribution in [0.4, 0.5) is 17.2 Å². The normalized spacial score (nSPS) is 18.2. The third-order valence-electron chi connectivity index (χ3n) is 20.2. The lowest BCUT2D eigenvalue weighted by Crippen LogP contribution is -2.54. The molecule has 3 aliphatic heterocycles. The van der Waals surface area contributed by atoms with Crippen LogP contribution in [-0.4, -0.2) is 245 Å². The number of imidazole rings is 1. The summed E-state index contributed by atoms with van der Waals surface area (Å²) in [7, 11) is -3.58. The summed E-state index contributed by atoms with van der Waals surface area (Å²) in [6.07, 6.45) is 13.2. The number of hydrogen-bond acceptors (Lipinski definition) is 28. The van der Waals surface area contributed by atoms with Crippen LogP contribution in [0.5, 0.6) is 0 Å². The molecule has 1 amide bonds. The largest absolute Gasteiger partial charge is 0.766 e. The van der Waals surface area contributed by atoms with E-state index in [0.717, 1.165) is 80.3 Å². The van der Waals surface area contributed by atoms with Crippen LogP contribution in [0, 0.1) is 0 Å². The number of para-hydroxylation sites is 4. The Bertz CT molecular complexity index is 4650. The molecule has 3 aliphatic rings. The van der Waals surface area contributed by atoms with Gasteiger partial charge in [0.2, 0.25) is 24.7 Å². The minimum atomic E-state index is -6.06. The molecule has 7 heterocycles. The fourth-order valence-electron chi connectivity index (χ4n) is 14.2. The third kappa shape index (κ3) is 28.9. The summed E-state index contributed by atoms with van der Waals surface area (Å²) in [6.45, 7) is 9.01. The number of carbonyl (C=O) groups is 1. The van der Waals surface area contributed by atoms with Crippen molar-refractivity contribution < 1.29 is 112 Å². The zero-order chi connectivity index (χ0) is 84.3. The number of anilines is 3. The maximum Gasteiger partial charge on any atom is 0.280 e. The van der Waals surface area contributed by atoms with Crippen LogP contribution in [0.1, 0.15) is 62.3 Å². The highest BCUT2D eigenvalue weighted by atomic mass is 32.2. The number of phosphoric ester groups is 1. The molecule has 6 atom stereocenters. The first-order chi connectivity index (χ1) is 57.3. The molecule has 0 spiro atoms. The second kappa shape index (κ2) is 45.6. The van der Waals surface area contributed by atoms with Crippen molar-refractivity contribution >= 4 is 115 Å². The van der Waals surface area contributed by atoms with Crippen molar-refractivity contribution in [2.75, 3.05) is 203 Å². The van der Waals surface area contributed by atoms with Crippen LogP contribution in [0.15, 0.2) is 154 Å².